The molecule has 0 aliphatic heterocycles. The Labute approximate surface area is 123 Å². The number of rotatable bonds is 6. The molecule has 0 fully saturated rings. The predicted octanol–water partition coefficient (Wildman–Crippen LogP) is 1.70. The Bertz CT molecular complexity index is 487. The topological polar surface area (TPSA) is 127 Å². The van der Waals surface area contributed by atoms with Crippen LogP contribution in [0.25, 0.3) is 0 Å². The molecule has 1 rings (SSSR count). The van der Waals surface area contributed by atoms with Crippen molar-refractivity contribution in [3.8, 4) is 5.75 Å². The third kappa shape index (κ3) is 10.0. The third-order valence-corrected chi connectivity index (χ3v) is 3.31. The fraction of sp³-hybridized carbons (Fsp3) is 0.462. The maximum atomic E-state index is 10.1. The highest BCUT2D eigenvalue weighted by atomic mass is 31.2. The first-order chi connectivity index (χ1) is 9.67. The van der Waals surface area contributed by atoms with Crippen molar-refractivity contribution >= 4 is 13.6 Å². The zero-order valence-corrected chi connectivity index (χ0v) is 13.0. The van der Waals surface area contributed by atoms with E-state index in [0.717, 1.165) is 12.0 Å². The number of phenols is 1. The first kappa shape index (κ1) is 19.6. The maximum Gasteiger partial charge on any atom is 0.339 e. The lowest BCUT2D eigenvalue weighted by Gasteiger charge is -2.09. The van der Waals surface area contributed by atoms with Gasteiger partial charge in [-0.3, -0.25) is 14.7 Å². The van der Waals surface area contributed by atoms with Gasteiger partial charge in [0, 0.05) is 0 Å². The van der Waals surface area contributed by atoms with Gasteiger partial charge in [-0.15, -0.1) is 0 Å². The number of benzene rings is 1. The molecule has 0 saturated heterocycles. The quantitative estimate of drug-likeness (QED) is 0.505. The van der Waals surface area contributed by atoms with Crippen LogP contribution in [-0.2, 0) is 9.36 Å². The normalized spacial score (nSPS) is 12.2. The summed E-state index contributed by atoms with van der Waals surface area (Å²) in [4.78, 5) is 26.1. The van der Waals surface area contributed by atoms with Crippen LogP contribution < -0.4 is 5.32 Å². The highest BCUT2D eigenvalue weighted by molar-refractivity contribution is 7.51. The van der Waals surface area contributed by atoms with Crippen molar-refractivity contribution in [2.24, 2.45) is 0 Å². The Hall–Kier alpha value is -1.40. The lowest BCUT2D eigenvalue weighted by molar-refractivity contribution is -0.135. The molecule has 21 heavy (non-hydrogen) atoms. The van der Waals surface area contributed by atoms with E-state index in [9.17, 15) is 14.5 Å². The number of nitrogens with one attached hydrogen (secondary N) is 1. The Morgan fingerprint density at radius 2 is 1.90 bits per heavy atom. The van der Waals surface area contributed by atoms with Crippen molar-refractivity contribution in [1.82, 2.24) is 5.32 Å². The van der Waals surface area contributed by atoms with E-state index < -0.39 is 26.4 Å². The molecule has 1 atom stereocenters. The van der Waals surface area contributed by atoms with Gasteiger partial charge in [-0.1, -0.05) is 32.0 Å². The van der Waals surface area contributed by atoms with E-state index >= 15 is 0 Å². The number of hydrogen-bond donors (Lipinski definition) is 5. The lowest BCUT2D eigenvalue weighted by Crippen LogP contribution is -2.23. The molecule has 120 valence electrons. The van der Waals surface area contributed by atoms with Crippen LogP contribution in [0.15, 0.2) is 24.3 Å². The van der Waals surface area contributed by atoms with Crippen molar-refractivity contribution in [2.75, 3.05) is 12.8 Å². The molecule has 0 bridgehead atoms. The van der Waals surface area contributed by atoms with Crippen molar-refractivity contribution in [2.45, 2.75) is 26.2 Å². The first-order valence-electron chi connectivity index (χ1n) is 6.42. The second kappa shape index (κ2) is 9.52. The van der Waals surface area contributed by atoms with Gasteiger partial charge in [0.1, 0.15) is 5.75 Å². The molecule has 0 aliphatic rings. The minimum Gasteiger partial charge on any atom is -0.508 e. The van der Waals surface area contributed by atoms with Gasteiger partial charge in [0.05, 0.1) is 12.8 Å². The highest BCUT2D eigenvalue weighted by Gasteiger charge is 2.11. The molecule has 0 aromatic heterocycles. The maximum absolute atomic E-state index is 10.1. The summed E-state index contributed by atoms with van der Waals surface area (Å²) in [7, 11) is -4.10. The fourth-order valence-electron chi connectivity index (χ4n) is 1.43. The van der Waals surface area contributed by atoms with Crippen LogP contribution in [0.2, 0.25) is 0 Å². The summed E-state index contributed by atoms with van der Waals surface area (Å²) in [6.07, 6.45) is 0.469. The van der Waals surface area contributed by atoms with E-state index in [1.165, 1.54) is 0 Å². The number of hydrogen-bond acceptors (Lipinski definition) is 4. The summed E-state index contributed by atoms with van der Waals surface area (Å²) < 4.78 is 10.1. The summed E-state index contributed by atoms with van der Waals surface area (Å²) in [5, 5.41) is 19.5. The summed E-state index contributed by atoms with van der Waals surface area (Å²) in [5.74, 6) is -0.272. The molecule has 0 saturated carbocycles. The summed E-state index contributed by atoms with van der Waals surface area (Å²) >= 11 is 0. The molecule has 7 nitrogen and oxygen atoms in total. The Morgan fingerprint density at radius 3 is 2.33 bits per heavy atom. The molecule has 0 amide bonds. The first-order valence-corrected chi connectivity index (χ1v) is 8.22. The molecule has 1 aromatic rings. The number of aliphatic carboxylic acids is 1. The van der Waals surface area contributed by atoms with Gasteiger partial charge in [0.25, 0.3) is 0 Å². The van der Waals surface area contributed by atoms with Gasteiger partial charge in [-0.25, -0.2) is 0 Å². The number of carboxylic acids is 1. The Balaban J connectivity index is 0.000000384. The Morgan fingerprint density at radius 1 is 1.33 bits per heavy atom. The van der Waals surface area contributed by atoms with Gasteiger partial charge < -0.3 is 20.0 Å². The van der Waals surface area contributed by atoms with E-state index in [0.29, 0.717) is 11.7 Å². The number of carbonyl (C=O) groups is 1. The van der Waals surface area contributed by atoms with E-state index in [4.69, 9.17) is 14.9 Å². The smallest absolute Gasteiger partial charge is 0.339 e. The monoisotopic (exact) mass is 319 g/mol. The predicted molar refractivity (Wildman–Crippen MR) is 79.4 cm³/mol. The molecule has 1 aromatic carbocycles. The fourth-order valence-corrected chi connectivity index (χ4v) is 1.84. The number of aromatic hydroxyl groups is 1. The van der Waals surface area contributed by atoms with Crippen LogP contribution in [0.3, 0.4) is 0 Å². The molecule has 0 aliphatic carbocycles. The van der Waals surface area contributed by atoms with E-state index in [1.807, 2.05) is 18.2 Å². The van der Waals surface area contributed by atoms with E-state index in [1.54, 1.807) is 6.07 Å². The van der Waals surface area contributed by atoms with Crippen LogP contribution in [0.1, 0.15) is 31.7 Å². The summed E-state index contributed by atoms with van der Waals surface area (Å²) in [5.41, 5.74) is 1.05. The Kier molecular flexibility index (Phi) is 8.89. The van der Waals surface area contributed by atoms with Gasteiger partial charge in [-0.2, -0.15) is 0 Å². The van der Waals surface area contributed by atoms with E-state index in [-0.39, 0.29) is 0 Å². The average molecular weight is 319 g/mol. The third-order valence-electron chi connectivity index (χ3n) is 2.67. The van der Waals surface area contributed by atoms with Gasteiger partial charge >= 0.3 is 13.6 Å². The van der Waals surface area contributed by atoms with Crippen LogP contribution in [0.4, 0.5) is 0 Å². The minimum absolute atomic E-state index is 0.418. The van der Waals surface area contributed by atoms with Crippen molar-refractivity contribution in [1.29, 1.82) is 0 Å². The standard InChI is InChI=1S/C10H14O.C3H8NO5P/c1-3-8(2)9-6-4-5-7-10(9)11;5-3(6)1-4-2-10(7,8)9/h4-8,11H,3H2,1-2H3;4H,1-2H2,(H,5,6)(H2,7,8,9). The van der Waals surface area contributed by atoms with Crippen LogP contribution in [-0.4, -0.2) is 38.8 Å². The number of carboxylic acid groups (broad SMARTS) is 1. The zero-order valence-electron chi connectivity index (χ0n) is 12.1. The number of para-hydroxylation sites is 1. The molecule has 0 heterocycles. The molecule has 0 spiro atoms. The van der Waals surface area contributed by atoms with Gasteiger partial charge in [0.15, 0.2) is 0 Å². The molecule has 0 radical (unpaired) electrons. The van der Waals surface area contributed by atoms with Crippen LogP contribution >= 0.6 is 7.60 Å². The van der Waals surface area contributed by atoms with Crippen molar-refractivity contribution < 1.29 is 29.4 Å². The van der Waals surface area contributed by atoms with Crippen molar-refractivity contribution in [3.63, 3.8) is 0 Å². The largest absolute Gasteiger partial charge is 0.508 e. The molecule has 1 unspecified atom stereocenters. The van der Waals surface area contributed by atoms with Crippen molar-refractivity contribution in [3.05, 3.63) is 29.8 Å². The van der Waals surface area contributed by atoms with Gasteiger partial charge in [0.2, 0.25) is 0 Å². The molecular weight excluding hydrogens is 297 g/mol. The summed E-state index contributed by atoms with van der Waals surface area (Å²) in [6.45, 7) is 3.80. The molecular formula is C13H22NO6P. The lowest BCUT2D eigenvalue weighted by atomic mass is 9.98. The second-order valence-electron chi connectivity index (χ2n) is 4.51. The van der Waals surface area contributed by atoms with Gasteiger partial charge in [-0.05, 0) is 24.0 Å². The summed E-state index contributed by atoms with van der Waals surface area (Å²) in [6, 6.07) is 7.52. The minimum atomic E-state index is -4.10. The highest BCUT2D eigenvalue weighted by Crippen LogP contribution is 2.31. The van der Waals surface area contributed by atoms with Crippen LogP contribution in [0.5, 0.6) is 5.75 Å². The average Bonchev–Trinajstić information content (AvgIpc) is 2.37. The van der Waals surface area contributed by atoms with Crippen LogP contribution in [0, 0.1) is 0 Å². The SMILES string of the molecule is CCC(C)c1ccccc1O.O=C(O)CNCP(=O)(O)O. The number of phenolic OH excluding ortho intramolecular Hbond substituents is 1. The molecule has 8 heteroatoms. The second-order valence-corrected chi connectivity index (χ2v) is 6.16. The zero-order chi connectivity index (χ0) is 16.5. The van der Waals surface area contributed by atoms with E-state index in [2.05, 4.69) is 19.2 Å². The molecule has 5 N–H and O–H groups in total.